The molecule has 23 heavy (non-hydrogen) atoms. The van der Waals surface area contributed by atoms with E-state index in [-0.39, 0.29) is 52.4 Å². The van der Waals surface area contributed by atoms with Crippen LogP contribution in [0.4, 0.5) is 0 Å². The molecule has 0 saturated heterocycles. The first-order chi connectivity index (χ1) is 8.66. The van der Waals surface area contributed by atoms with E-state index in [1.165, 1.54) is 0 Å². The summed E-state index contributed by atoms with van der Waals surface area (Å²) < 4.78 is 0. The molecule has 0 aromatic rings. The van der Waals surface area contributed by atoms with E-state index >= 15 is 0 Å². The van der Waals surface area contributed by atoms with Crippen LogP contribution in [0.5, 0.6) is 0 Å². The smallest absolute Gasteiger partial charge is 0.907 e. The summed E-state index contributed by atoms with van der Waals surface area (Å²) in [6.45, 7) is 0. The van der Waals surface area contributed by atoms with Crippen molar-refractivity contribution >= 4 is 69.6 Å². The normalized spacial score (nSPS) is 5.87. The third kappa shape index (κ3) is 4580. The fourth-order valence-corrected chi connectivity index (χ4v) is 0. The van der Waals surface area contributed by atoms with Crippen LogP contribution in [-0.2, 0) is 19.5 Å². The molecule has 0 aliphatic carbocycles. The average molecular weight is 429 g/mol. The maximum atomic E-state index is 8.64. The van der Waals surface area contributed by atoms with Crippen molar-refractivity contribution in [1.29, 1.82) is 0 Å². The second-order valence-electron chi connectivity index (χ2n) is 1.65. The van der Waals surface area contributed by atoms with E-state index in [1.807, 2.05) is 0 Å². The van der Waals surface area contributed by atoms with Gasteiger partial charge in [0.05, 0.1) is 0 Å². The van der Waals surface area contributed by atoms with Crippen LogP contribution < -0.4 is 20.1 Å². The van der Waals surface area contributed by atoms with E-state index in [4.69, 9.17) is 75.4 Å². The predicted molar refractivity (Wildman–Crippen MR) is 70.0 cm³/mol. The van der Waals surface area contributed by atoms with Gasteiger partial charge in [0.15, 0.2) is 0 Å². The Morgan fingerprint density at radius 1 is 0.478 bits per heavy atom. The minimum atomic E-state index is -2.92. The number of hydrogen-bond acceptors (Lipinski definition) is 15. The second kappa shape index (κ2) is 43.7. The number of hydrogen-bond donors (Lipinski definition) is 11. The van der Waals surface area contributed by atoms with Crippen molar-refractivity contribution in [2.45, 2.75) is 0 Å². The first kappa shape index (κ1) is 49.7. The Hall–Kier alpha value is 1.54. The average Bonchev–Trinajstić information content (AvgIpc) is 1.94. The quantitative estimate of drug-likeness (QED) is 0.126. The summed E-state index contributed by atoms with van der Waals surface area (Å²) in [4.78, 5) is 0. The van der Waals surface area contributed by atoms with Gasteiger partial charge in [0, 0.05) is 0 Å². The van der Waals surface area contributed by atoms with E-state index in [2.05, 4.69) is 0 Å². The maximum absolute atomic E-state index is 8.64. The summed E-state index contributed by atoms with van der Waals surface area (Å²) in [7, 11) is -11.8. The van der Waals surface area contributed by atoms with Gasteiger partial charge in [-0.3, -0.25) is 7.32 Å². The van der Waals surface area contributed by atoms with Gasteiger partial charge in [0.2, 0.25) is 0 Å². The van der Waals surface area contributed by atoms with Gasteiger partial charge in [0.25, 0.3) is 0 Å². The third-order valence-corrected chi connectivity index (χ3v) is 0. The van der Waals surface area contributed by atoms with E-state index in [9.17, 15) is 0 Å². The maximum Gasteiger partial charge on any atom is 2.00 e. The molecule has 0 amide bonds. The van der Waals surface area contributed by atoms with Crippen LogP contribution in [-0.4, -0.2) is 115 Å². The molecule has 0 saturated carbocycles. The van der Waals surface area contributed by atoms with Gasteiger partial charge in [-0.1, -0.05) is 0 Å². The Labute approximate surface area is 164 Å². The van der Waals surface area contributed by atoms with Gasteiger partial charge in [-0.2, -0.15) is 9.90 Å². The molecule has 23 heteroatoms. The molecule has 1 atom stereocenters. The summed E-state index contributed by atoms with van der Waals surface area (Å²) in [6, 6.07) is 0. The zero-order valence-corrected chi connectivity index (χ0v) is 17.4. The van der Waals surface area contributed by atoms with Crippen molar-refractivity contribution in [2.75, 3.05) is 0 Å². The number of rotatable bonds is 0. The topological polar surface area (TPSA) is 315 Å². The molecule has 0 aromatic heterocycles. The van der Waals surface area contributed by atoms with Crippen LogP contribution in [0.3, 0.4) is 0 Å². The molecule has 0 rings (SSSR count). The summed E-state index contributed by atoms with van der Waals surface area (Å²) in [5.74, 6) is 0. The van der Waals surface area contributed by atoms with Crippen molar-refractivity contribution in [2.24, 2.45) is 0 Å². The minimum Gasteiger partial charge on any atom is -0.907 e. The van der Waals surface area contributed by atoms with Gasteiger partial charge in [-0.15, -0.1) is 0 Å². The van der Waals surface area contributed by atoms with Crippen LogP contribution in [0.15, 0.2) is 0 Å². The summed E-state index contributed by atoms with van der Waals surface area (Å²) in [5, 5.41) is 113. The monoisotopic (exact) mass is 428 g/mol. The minimum absolute atomic E-state index is 0. The van der Waals surface area contributed by atoms with Gasteiger partial charge >= 0.3 is 71.8 Å². The van der Waals surface area contributed by atoms with Gasteiger partial charge in [0.1, 0.15) is 0 Å². The second-order valence-corrected chi connectivity index (χ2v) is 1.65. The van der Waals surface area contributed by atoms with E-state index in [0.29, 0.717) is 0 Å². The van der Waals surface area contributed by atoms with Crippen molar-refractivity contribution < 1.29 is 94.8 Å². The molecule has 1 unspecified atom stereocenters. The Morgan fingerprint density at radius 3 is 0.478 bits per heavy atom. The zero-order chi connectivity index (χ0) is 17.9. The molecular weight excluding hydrogens is 415 g/mol. The van der Waals surface area contributed by atoms with Crippen LogP contribution in [0, 0.1) is 0 Å². The third-order valence-electron chi connectivity index (χ3n) is 0. The fourth-order valence-electron chi connectivity index (χ4n) is 0. The Bertz CT molecular complexity index is 92.4. The molecular formula is H14B5MgO15PZn. The molecule has 0 aromatic carbocycles. The van der Waals surface area contributed by atoms with Gasteiger partial charge < -0.3 is 75.4 Å². The molecule has 0 aliphatic rings. The molecule has 0 radical (unpaired) electrons. The van der Waals surface area contributed by atoms with Crippen LogP contribution >= 0.6 is 9.90 Å². The molecule has 0 aliphatic heterocycles. The van der Waals surface area contributed by atoms with Crippen LogP contribution in [0.2, 0.25) is 0 Å². The SMILES string of the molecule is OB(O)O.OB(O)O.OB(O)O.P.[Mg+2].[O-]B(O)O.[O-]B([O-])[O-].[Zn+2]. The Kier molecular flexibility index (Phi) is 94.5. The zero-order valence-electron chi connectivity index (χ0n) is 11.6. The predicted octanol–water partition coefficient (Wildman–Crippen LogP) is -13.1. The summed E-state index contributed by atoms with van der Waals surface area (Å²) in [6.07, 6.45) is 0. The largest absolute Gasteiger partial charge is 2.00 e. The van der Waals surface area contributed by atoms with E-state index in [1.54, 1.807) is 0 Å². The fraction of sp³-hybridized carbons (Fsp3) is 0. The van der Waals surface area contributed by atoms with Crippen molar-refractivity contribution in [3.05, 3.63) is 0 Å². The summed E-state index contributed by atoms with van der Waals surface area (Å²) in [5.41, 5.74) is 0. The van der Waals surface area contributed by atoms with Crippen molar-refractivity contribution in [3.8, 4) is 0 Å². The molecule has 0 fully saturated rings. The van der Waals surface area contributed by atoms with Crippen molar-refractivity contribution in [1.82, 2.24) is 0 Å². The molecule has 0 spiro atoms. The first-order valence-electron chi connectivity index (χ1n) is 3.78. The van der Waals surface area contributed by atoms with Gasteiger partial charge in [-0.25, -0.2) is 0 Å². The molecule has 128 valence electrons. The first-order valence-corrected chi connectivity index (χ1v) is 3.78. The van der Waals surface area contributed by atoms with E-state index in [0.717, 1.165) is 0 Å². The van der Waals surface area contributed by atoms with Gasteiger partial charge in [-0.05, 0) is 0 Å². The molecule has 15 nitrogen and oxygen atoms in total. The van der Waals surface area contributed by atoms with E-state index < -0.39 is 36.6 Å². The summed E-state index contributed by atoms with van der Waals surface area (Å²) >= 11 is 0. The van der Waals surface area contributed by atoms with Crippen LogP contribution in [0.25, 0.3) is 0 Å². The molecule has 0 heterocycles. The Morgan fingerprint density at radius 2 is 0.478 bits per heavy atom. The Balaban J connectivity index is -0.0000000197. The molecule has 11 N–H and O–H groups in total. The molecule has 0 bridgehead atoms. The van der Waals surface area contributed by atoms with Crippen molar-refractivity contribution in [3.63, 3.8) is 0 Å². The van der Waals surface area contributed by atoms with Crippen LogP contribution in [0.1, 0.15) is 0 Å². The standard InChI is InChI=1S/3BH3O3.BH2O3.BO3.Mg.H3P.Zn/c5*2-1(3)4;;;/h3*2-4H;2-3H;;;1H3;/q;;;-1;-3;+2;;+2.